The largest absolute Gasteiger partial charge is 0.410 e. The highest BCUT2D eigenvalue weighted by Crippen LogP contribution is 2.19. The molecule has 4 nitrogen and oxygen atoms in total. The van der Waals surface area contributed by atoms with Gasteiger partial charge in [-0.3, -0.25) is 4.79 Å². The first-order valence-corrected chi connectivity index (χ1v) is 4.57. The number of nitrogens with zero attached hydrogens (tertiary/aromatic N) is 2. The fourth-order valence-corrected chi connectivity index (χ4v) is 1.38. The van der Waals surface area contributed by atoms with Crippen LogP contribution in [0.1, 0.15) is 12.5 Å². The van der Waals surface area contributed by atoms with Gasteiger partial charge in [0.15, 0.2) is 11.5 Å². The van der Waals surface area contributed by atoms with Crippen molar-refractivity contribution in [1.29, 1.82) is 0 Å². The van der Waals surface area contributed by atoms with E-state index >= 15 is 0 Å². The summed E-state index contributed by atoms with van der Waals surface area (Å²) >= 11 is 0. The van der Waals surface area contributed by atoms with Crippen LogP contribution in [-0.2, 0) is 4.79 Å². The molecule has 0 aliphatic rings. The standard InChI is InChI=1S/C11H14N2O2/c1-8(14)11(12-15)9-6-4-5-7-10(9)13(2)3/h4-7,15H,1-3H3/b12-11+. The number of Topliss-reactive ketones (excluding diaryl/α,β-unsaturated/α-hetero) is 1. The summed E-state index contributed by atoms with van der Waals surface area (Å²) in [4.78, 5) is 13.1. The maximum Gasteiger partial charge on any atom is 0.182 e. The lowest BCUT2D eigenvalue weighted by Crippen LogP contribution is -2.18. The second kappa shape index (κ2) is 4.59. The van der Waals surface area contributed by atoms with Crippen LogP contribution >= 0.6 is 0 Å². The van der Waals surface area contributed by atoms with Crippen molar-refractivity contribution in [3.8, 4) is 0 Å². The molecule has 15 heavy (non-hydrogen) atoms. The van der Waals surface area contributed by atoms with Crippen LogP contribution in [0.4, 0.5) is 5.69 Å². The number of benzene rings is 1. The smallest absolute Gasteiger partial charge is 0.182 e. The van der Waals surface area contributed by atoms with Crippen molar-refractivity contribution in [3.05, 3.63) is 29.8 Å². The van der Waals surface area contributed by atoms with E-state index in [0.29, 0.717) is 5.56 Å². The third-order valence-corrected chi connectivity index (χ3v) is 2.07. The Morgan fingerprint density at radius 2 is 1.93 bits per heavy atom. The van der Waals surface area contributed by atoms with Gasteiger partial charge in [0, 0.05) is 32.3 Å². The third kappa shape index (κ3) is 2.34. The SMILES string of the molecule is CC(=O)/C(=N\O)c1ccccc1N(C)C. The van der Waals surface area contributed by atoms with E-state index in [-0.39, 0.29) is 11.5 Å². The summed E-state index contributed by atoms with van der Waals surface area (Å²) in [6.45, 7) is 1.38. The Labute approximate surface area is 88.8 Å². The van der Waals surface area contributed by atoms with Crippen molar-refractivity contribution in [2.24, 2.45) is 5.16 Å². The van der Waals surface area contributed by atoms with Crippen molar-refractivity contribution in [1.82, 2.24) is 0 Å². The zero-order chi connectivity index (χ0) is 11.4. The first-order chi connectivity index (χ1) is 7.07. The number of anilines is 1. The van der Waals surface area contributed by atoms with Crippen LogP contribution in [0.3, 0.4) is 0 Å². The molecule has 0 spiro atoms. The Morgan fingerprint density at radius 3 is 2.40 bits per heavy atom. The Bertz CT molecular complexity index is 397. The minimum atomic E-state index is -0.258. The van der Waals surface area contributed by atoms with Crippen LogP contribution in [0, 0.1) is 0 Å². The predicted octanol–water partition coefficient (Wildman–Crippen LogP) is 1.52. The molecule has 0 bridgehead atoms. The first kappa shape index (κ1) is 11.2. The highest BCUT2D eigenvalue weighted by molar-refractivity contribution is 6.46. The molecule has 0 unspecified atom stereocenters. The molecule has 0 aliphatic carbocycles. The number of hydrogen-bond donors (Lipinski definition) is 1. The third-order valence-electron chi connectivity index (χ3n) is 2.07. The predicted molar refractivity (Wildman–Crippen MR) is 59.8 cm³/mol. The van der Waals surface area contributed by atoms with Crippen LogP contribution in [0.5, 0.6) is 0 Å². The van der Waals surface area contributed by atoms with E-state index in [1.54, 1.807) is 12.1 Å². The van der Waals surface area contributed by atoms with Gasteiger partial charge < -0.3 is 10.1 Å². The fraction of sp³-hybridized carbons (Fsp3) is 0.273. The lowest BCUT2D eigenvalue weighted by atomic mass is 10.0. The van der Waals surface area contributed by atoms with Gasteiger partial charge in [0.2, 0.25) is 0 Å². The van der Waals surface area contributed by atoms with E-state index in [0.717, 1.165) is 5.69 Å². The molecule has 0 aliphatic heterocycles. The van der Waals surface area contributed by atoms with Gasteiger partial charge in [0.1, 0.15) is 0 Å². The van der Waals surface area contributed by atoms with E-state index in [2.05, 4.69) is 5.16 Å². The number of oxime groups is 1. The molecule has 1 aromatic carbocycles. The van der Waals surface area contributed by atoms with Crippen molar-refractivity contribution in [2.45, 2.75) is 6.92 Å². The van der Waals surface area contributed by atoms with Crippen LogP contribution in [0.15, 0.2) is 29.4 Å². The highest BCUT2D eigenvalue weighted by Gasteiger charge is 2.14. The van der Waals surface area contributed by atoms with Gasteiger partial charge in [0.25, 0.3) is 0 Å². The van der Waals surface area contributed by atoms with Gasteiger partial charge in [-0.25, -0.2) is 0 Å². The molecule has 80 valence electrons. The lowest BCUT2D eigenvalue weighted by Gasteiger charge is -2.16. The Hall–Kier alpha value is -1.84. The Kier molecular flexibility index (Phi) is 3.44. The Balaban J connectivity index is 3.30. The van der Waals surface area contributed by atoms with Crippen LogP contribution < -0.4 is 4.90 Å². The molecule has 0 saturated carbocycles. The van der Waals surface area contributed by atoms with E-state index in [1.165, 1.54) is 6.92 Å². The second-order valence-corrected chi connectivity index (χ2v) is 3.42. The zero-order valence-electron chi connectivity index (χ0n) is 9.06. The highest BCUT2D eigenvalue weighted by atomic mass is 16.4. The summed E-state index contributed by atoms with van der Waals surface area (Å²) in [5.74, 6) is -0.258. The van der Waals surface area contributed by atoms with E-state index in [4.69, 9.17) is 5.21 Å². The molecule has 0 saturated heterocycles. The van der Waals surface area contributed by atoms with E-state index < -0.39 is 0 Å². The van der Waals surface area contributed by atoms with Crippen molar-refractivity contribution >= 4 is 17.2 Å². The zero-order valence-corrected chi connectivity index (χ0v) is 9.06. The first-order valence-electron chi connectivity index (χ1n) is 4.57. The van der Waals surface area contributed by atoms with Gasteiger partial charge in [-0.15, -0.1) is 0 Å². The summed E-state index contributed by atoms with van der Waals surface area (Å²) in [6.07, 6.45) is 0. The molecule has 4 heteroatoms. The molecule has 0 aromatic heterocycles. The number of hydrogen-bond acceptors (Lipinski definition) is 4. The normalized spacial score (nSPS) is 11.3. The lowest BCUT2D eigenvalue weighted by molar-refractivity contribution is -0.111. The van der Waals surface area contributed by atoms with Crippen molar-refractivity contribution in [2.75, 3.05) is 19.0 Å². The van der Waals surface area contributed by atoms with Crippen molar-refractivity contribution < 1.29 is 10.0 Å². The molecule has 0 amide bonds. The summed E-state index contributed by atoms with van der Waals surface area (Å²) in [5.41, 5.74) is 1.57. The molecule has 0 heterocycles. The molecule has 0 atom stereocenters. The van der Waals surface area contributed by atoms with Gasteiger partial charge in [-0.2, -0.15) is 0 Å². The Morgan fingerprint density at radius 1 is 1.33 bits per heavy atom. The molecule has 1 N–H and O–H groups in total. The molecular formula is C11H14N2O2. The summed E-state index contributed by atoms with van der Waals surface area (Å²) in [7, 11) is 3.74. The van der Waals surface area contributed by atoms with E-state index in [9.17, 15) is 4.79 Å². The summed E-state index contributed by atoms with van der Waals surface area (Å²) in [5, 5.41) is 11.8. The van der Waals surface area contributed by atoms with Gasteiger partial charge in [-0.1, -0.05) is 23.4 Å². The number of carbonyl (C=O) groups excluding carboxylic acids is 1. The average molecular weight is 206 g/mol. The van der Waals surface area contributed by atoms with Crippen molar-refractivity contribution in [3.63, 3.8) is 0 Å². The fourth-order valence-electron chi connectivity index (χ4n) is 1.38. The summed E-state index contributed by atoms with van der Waals surface area (Å²) in [6, 6.07) is 7.29. The molecule has 1 aromatic rings. The molecule has 1 rings (SSSR count). The second-order valence-electron chi connectivity index (χ2n) is 3.42. The number of carbonyl (C=O) groups is 1. The number of para-hydroxylation sites is 1. The maximum atomic E-state index is 11.2. The molecular weight excluding hydrogens is 192 g/mol. The molecule has 0 radical (unpaired) electrons. The van der Waals surface area contributed by atoms with Crippen LogP contribution in [0.25, 0.3) is 0 Å². The van der Waals surface area contributed by atoms with Gasteiger partial charge in [-0.05, 0) is 6.07 Å². The van der Waals surface area contributed by atoms with Crippen LogP contribution in [0.2, 0.25) is 0 Å². The van der Waals surface area contributed by atoms with Gasteiger partial charge in [0.05, 0.1) is 0 Å². The monoisotopic (exact) mass is 206 g/mol. The van der Waals surface area contributed by atoms with Crippen LogP contribution in [-0.4, -0.2) is 30.8 Å². The number of ketones is 1. The minimum Gasteiger partial charge on any atom is -0.410 e. The quantitative estimate of drug-likeness (QED) is 0.463. The topological polar surface area (TPSA) is 52.9 Å². The van der Waals surface area contributed by atoms with Gasteiger partial charge >= 0.3 is 0 Å². The summed E-state index contributed by atoms with van der Waals surface area (Å²) < 4.78 is 0. The maximum absolute atomic E-state index is 11.2. The molecule has 0 fully saturated rings. The number of rotatable bonds is 3. The average Bonchev–Trinajstić information content (AvgIpc) is 2.18. The van der Waals surface area contributed by atoms with E-state index in [1.807, 2.05) is 31.1 Å². The minimum absolute atomic E-state index is 0.0827.